The second kappa shape index (κ2) is 6.66. The van der Waals surface area contributed by atoms with Crippen LogP contribution in [0.25, 0.3) is 5.52 Å². The minimum absolute atomic E-state index is 0.518. The van der Waals surface area contributed by atoms with Gasteiger partial charge >= 0.3 is 0 Å². The maximum absolute atomic E-state index is 5.23. The SMILES string of the molecule is COC[C@H]1CC[C@@H](/C=N/c2ncc3c(Br)ccn3n2)CC1. The molecule has 0 N–H and O–H groups in total. The summed E-state index contributed by atoms with van der Waals surface area (Å²) in [6.45, 7) is 0.881. The summed E-state index contributed by atoms with van der Waals surface area (Å²) in [5.74, 6) is 1.77. The summed E-state index contributed by atoms with van der Waals surface area (Å²) in [6, 6.07) is 1.95. The Morgan fingerprint density at radius 1 is 1.43 bits per heavy atom. The van der Waals surface area contributed by atoms with E-state index in [0.717, 1.165) is 16.6 Å². The van der Waals surface area contributed by atoms with Crippen molar-refractivity contribution < 1.29 is 4.74 Å². The van der Waals surface area contributed by atoms with Crippen molar-refractivity contribution in [1.29, 1.82) is 0 Å². The third kappa shape index (κ3) is 3.49. The highest BCUT2D eigenvalue weighted by Crippen LogP contribution is 2.28. The van der Waals surface area contributed by atoms with Crippen LogP contribution in [0.3, 0.4) is 0 Å². The summed E-state index contributed by atoms with van der Waals surface area (Å²) < 4.78 is 8.01. The van der Waals surface area contributed by atoms with Crippen molar-refractivity contribution in [2.24, 2.45) is 16.8 Å². The summed E-state index contributed by atoms with van der Waals surface area (Å²) in [6.07, 6.45) is 10.5. The van der Waals surface area contributed by atoms with E-state index in [0.29, 0.717) is 17.8 Å². The molecule has 0 bridgehead atoms. The number of methoxy groups -OCH3 is 1. The van der Waals surface area contributed by atoms with Gasteiger partial charge in [0, 0.05) is 30.6 Å². The van der Waals surface area contributed by atoms with Gasteiger partial charge in [-0.15, -0.1) is 5.10 Å². The smallest absolute Gasteiger partial charge is 0.266 e. The van der Waals surface area contributed by atoms with Crippen LogP contribution in [0, 0.1) is 11.8 Å². The molecule has 1 aliphatic carbocycles. The van der Waals surface area contributed by atoms with Crippen LogP contribution in [0.15, 0.2) is 27.9 Å². The van der Waals surface area contributed by atoms with Crippen molar-refractivity contribution in [3.05, 3.63) is 22.9 Å². The van der Waals surface area contributed by atoms with Crippen molar-refractivity contribution in [2.45, 2.75) is 25.7 Å². The molecule has 1 fully saturated rings. The van der Waals surface area contributed by atoms with Gasteiger partial charge in [0.1, 0.15) is 0 Å². The fourth-order valence-electron chi connectivity index (χ4n) is 2.83. The van der Waals surface area contributed by atoms with Gasteiger partial charge in [-0.25, -0.2) is 14.5 Å². The van der Waals surface area contributed by atoms with E-state index >= 15 is 0 Å². The summed E-state index contributed by atoms with van der Waals surface area (Å²) in [4.78, 5) is 8.73. The van der Waals surface area contributed by atoms with Gasteiger partial charge in [-0.05, 0) is 59.5 Å². The summed E-state index contributed by atoms with van der Waals surface area (Å²) in [5.41, 5.74) is 0.953. The van der Waals surface area contributed by atoms with E-state index in [1.807, 2.05) is 18.5 Å². The van der Waals surface area contributed by atoms with Crippen LogP contribution in [-0.4, -0.2) is 34.5 Å². The average Bonchev–Trinajstić information content (AvgIpc) is 2.88. The lowest BCUT2D eigenvalue weighted by Crippen LogP contribution is -2.18. The predicted octanol–water partition coefficient (Wildman–Crippen LogP) is 3.65. The number of aromatic nitrogens is 3. The molecule has 0 unspecified atom stereocenters. The molecule has 2 heterocycles. The maximum atomic E-state index is 5.23. The Labute approximate surface area is 132 Å². The third-order valence-corrected chi connectivity index (χ3v) is 4.72. The number of ether oxygens (including phenoxy) is 1. The van der Waals surface area contributed by atoms with Gasteiger partial charge < -0.3 is 4.74 Å². The first kappa shape index (κ1) is 14.7. The minimum Gasteiger partial charge on any atom is -0.384 e. The van der Waals surface area contributed by atoms with Crippen LogP contribution in [0.5, 0.6) is 0 Å². The first-order valence-electron chi connectivity index (χ1n) is 7.29. The third-order valence-electron chi connectivity index (χ3n) is 4.05. The summed E-state index contributed by atoms with van der Waals surface area (Å²) in [7, 11) is 1.78. The van der Waals surface area contributed by atoms with E-state index in [2.05, 4.69) is 31.0 Å². The molecule has 1 saturated carbocycles. The van der Waals surface area contributed by atoms with Crippen molar-refractivity contribution in [1.82, 2.24) is 14.6 Å². The standard InChI is InChI=1S/C15H19BrN4O/c1-21-10-12-4-2-11(3-5-12)8-17-15-18-9-14-13(16)6-7-20(14)19-15/h6-9,11-12H,2-5,10H2,1H3/b17-8+/t11-,12+. The zero-order valence-electron chi connectivity index (χ0n) is 12.1. The van der Waals surface area contributed by atoms with Gasteiger partial charge in [-0.2, -0.15) is 0 Å². The molecule has 2 aromatic heterocycles. The van der Waals surface area contributed by atoms with E-state index in [1.54, 1.807) is 17.8 Å². The second-order valence-electron chi connectivity index (χ2n) is 5.57. The summed E-state index contributed by atoms with van der Waals surface area (Å²) in [5, 5.41) is 4.38. The van der Waals surface area contributed by atoms with Crippen molar-refractivity contribution in [3.8, 4) is 0 Å². The zero-order chi connectivity index (χ0) is 14.7. The normalized spacial score (nSPS) is 23.1. The number of rotatable bonds is 4. The second-order valence-corrected chi connectivity index (χ2v) is 6.42. The number of halogens is 1. The van der Waals surface area contributed by atoms with E-state index in [4.69, 9.17) is 4.74 Å². The Balaban J connectivity index is 1.62. The Bertz CT molecular complexity index is 632. The van der Waals surface area contributed by atoms with Crippen molar-refractivity contribution in [3.63, 3.8) is 0 Å². The number of fused-ring (bicyclic) bond motifs is 1. The Morgan fingerprint density at radius 3 is 3.00 bits per heavy atom. The molecule has 5 nitrogen and oxygen atoms in total. The molecule has 0 amide bonds. The number of nitrogens with zero attached hydrogens (tertiary/aromatic N) is 4. The van der Waals surface area contributed by atoms with Gasteiger partial charge in [-0.3, -0.25) is 0 Å². The van der Waals surface area contributed by atoms with Gasteiger partial charge in [0.05, 0.1) is 11.7 Å². The van der Waals surface area contributed by atoms with Crippen LogP contribution >= 0.6 is 15.9 Å². The van der Waals surface area contributed by atoms with Crippen LogP contribution in [-0.2, 0) is 4.74 Å². The fourth-order valence-corrected chi connectivity index (χ4v) is 3.23. The monoisotopic (exact) mass is 350 g/mol. The fraction of sp³-hybridized carbons (Fsp3) is 0.533. The van der Waals surface area contributed by atoms with Crippen molar-refractivity contribution in [2.75, 3.05) is 13.7 Å². The molecular formula is C15H19BrN4O. The highest BCUT2D eigenvalue weighted by atomic mass is 79.9. The van der Waals surface area contributed by atoms with Gasteiger partial charge in [0.2, 0.25) is 0 Å². The molecule has 2 aromatic rings. The number of aliphatic imine (C=N–C) groups is 1. The van der Waals surface area contributed by atoms with Gasteiger partial charge in [-0.1, -0.05) is 0 Å². The lowest BCUT2D eigenvalue weighted by Gasteiger charge is -2.25. The number of hydrogen-bond donors (Lipinski definition) is 0. The molecule has 0 aromatic carbocycles. The first-order chi connectivity index (χ1) is 10.3. The van der Waals surface area contributed by atoms with Crippen molar-refractivity contribution >= 4 is 33.6 Å². The molecule has 0 atom stereocenters. The molecule has 6 heteroatoms. The van der Waals surface area contributed by atoms with E-state index in [9.17, 15) is 0 Å². The minimum atomic E-state index is 0.518. The topological polar surface area (TPSA) is 51.8 Å². The summed E-state index contributed by atoms with van der Waals surface area (Å²) >= 11 is 3.46. The van der Waals surface area contributed by atoms with E-state index in [1.165, 1.54) is 25.7 Å². The number of hydrogen-bond acceptors (Lipinski definition) is 4. The van der Waals surface area contributed by atoms with Crippen LogP contribution in [0.2, 0.25) is 0 Å². The van der Waals surface area contributed by atoms with Gasteiger partial charge in [0.15, 0.2) is 0 Å². The van der Waals surface area contributed by atoms with Crippen LogP contribution < -0.4 is 0 Å². The Kier molecular flexibility index (Phi) is 4.65. The van der Waals surface area contributed by atoms with E-state index in [-0.39, 0.29) is 0 Å². The molecule has 0 saturated heterocycles. The average molecular weight is 351 g/mol. The van der Waals surface area contributed by atoms with Crippen LogP contribution in [0.4, 0.5) is 5.95 Å². The largest absolute Gasteiger partial charge is 0.384 e. The Hall–Kier alpha value is -1.27. The molecule has 112 valence electrons. The van der Waals surface area contributed by atoms with E-state index < -0.39 is 0 Å². The molecular weight excluding hydrogens is 332 g/mol. The van der Waals surface area contributed by atoms with Gasteiger partial charge in [0.25, 0.3) is 5.95 Å². The molecule has 1 aliphatic rings. The predicted molar refractivity (Wildman–Crippen MR) is 86.2 cm³/mol. The Morgan fingerprint density at radius 2 is 2.24 bits per heavy atom. The molecule has 0 radical (unpaired) electrons. The lowest BCUT2D eigenvalue weighted by molar-refractivity contribution is 0.126. The quantitative estimate of drug-likeness (QED) is 0.790. The molecule has 3 rings (SSSR count). The lowest BCUT2D eigenvalue weighted by atomic mass is 9.83. The first-order valence-corrected chi connectivity index (χ1v) is 8.08. The zero-order valence-corrected chi connectivity index (χ0v) is 13.7. The van der Waals surface area contributed by atoms with Crippen LogP contribution in [0.1, 0.15) is 25.7 Å². The molecule has 0 aliphatic heterocycles. The highest BCUT2D eigenvalue weighted by Gasteiger charge is 2.19. The molecule has 21 heavy (non-hydrogen) atoms. The molecule has 0 spiro atoms. The maximum Gasteiger partial charge on any atom is 0.266 e. The highest BCUT2D eigenvalue weighted by molar-refractivity contribution is 9.10.